The molecule has 1 unspecified atom stereocenters. The number of Topliss-reactive ketones (excluding diaryl/α,β-unsaturated/α-hetero) is 1. The van der Waals surface area contributed by atoms with Crippen LogP contribution in [0.5, 0.6) is 5.75 Å². The second-order valence-corrected chi connectivity index (χ2v) is 9.69. The topological polar surface area (TPSA) is 66.8 Å². The van der Waals surface area contributed by atoms with E-state index < -0.39 is 29.3 Å². The second kappa shape index (κ2) is 9.02. The zero-order valence-electron chi connectivity index (χ0n) is 20.4. The zero-order valence-corrected chi connectivity index (χ0v) is 20.4. The Hall–Kier alpha value is -3.93. The first-order valence-corrected chi connectivity index (χ1v) is 11.4. The highest BCUT2D eigenvalue weighted by molar-refractivity contribution is 6.51. The summed E-state index contributed by atoms with van der Waals surface area (Å²) in [5, 5.41) is 11.5. The van der Waals surface area contributed by atoms with E-state index in [2.05, 4.69) is 0 Å². The summed E-state index contributed by atoms with van der Waals surface area (Å²) in [5.74, 6) is -2.38. The molecule has 0 aromatic heterocycles. The highest BCUT2D eigenvalue weighted by Gasteiger charge is 2.48. The fourth-order valence-corrected chi connectivity index (χ4v) is 4.37. The SMILES string of the molecule is COc1ccc(C(C)(C)C)cc1/C(O)=C1\C(=O)C(=O)N(c2cccc(C)c2)C1c1ccccc1F. The van der Waals surface area contributed by atoms with E-state index in [0.29, 0.717) is 11.4 Å². The van der Waals surface area contributed by atoms with E-state index in [1.807, 2.05) is 39.8 Å². The molecule has 4 rings (SSSR count). The Morgan fingerprint density at radius 1 is 1.00 bits per heavy atom. The summed E-state index contributed by atoms with van der Waals surface area (Å²) in [6.45, 7) is 7.93. The van der Waals surface area contributed by atoms with Crippen molar-refractivity contribution in [2.45, 2.75) is 39.2 Å². The number of rotatable bonds is 4. The first-order chi connectivity index (χ1) is 16.5. The highest BCUT2D eigenvalue weighted by Crippen LogP contribution is 2.44. The number of hydrogen-bond donors (Lipinski definition) is 1. The van der Waals surface area contributed by atoms with Gasteiger partial charge in [-0.3, -0.25) is 14.5 Å². The van der Waals surface area contributed by atoms with Crippen molar-refractivity contribution in [1.29, 1.82) is 0 Å². The summed E-state index contributed by atoms with van der Waals surface area (Å²) < 4.78 is 20.6. The maximum atomic E-state index is 15.1. The average Bonchev–Trinajstić information content (AvgIpc) is 3.08. The van der Waals surface area contributed by atoms with Crippen LogP contribution in [0.4, 0.5) is 10.1 Å². The first kappa shape index (κ1) is 24.2. The monoisotopic (exact) mass is 473 g/mol. The summed E-state index contributed by atoms with van der Waals surface area (Å²) in [6.07, 6.45) is 0. The van der Waals surface area contributed by atoms with Gasteiger partial charge >= 0.3 is 0 Å². The van der Waals surface area contributed by atoms with Crippen molar-refractivity contribution >= 4 is 23.1 Å². The van der Waals surface area contributed by atoms with E-state index in [-0.39, 0.29) is 22.1 Å². The Morgan fingerprint density at radius 2 is 1.71 bits per heavy atom. The quantitative estimate of drug-likeness (QED) is 0.284. The molecule has 3 aromatic rings. The van der Waals surface area contributed by atoms with Crippen LogP contribution in [-0.4, -0.2) is 23.9 Å². The number of aliphatic hydroxyl groups is 1. The lowest BCUT2D eigenvalue weighted by molar-refractivity contribution is -0.132. The van der Waals surface area contributed by atoms with Gasteiger partial charge < -0.3 is 9.84 Å². The number of anilines is 1. The van der Waals surface area contributed by atoms with Crippen molar-refractivity contribution in [3.63, 3.8) is 0 Å². The van der Waals surface area contributed by atoms with Crippen molar-refractivity contribution in [2.75, 3.05) is 12.0 Å². The molecule has 1 heterocycles. The molecule has 180 valence electrons. The summed E-state index contributed by atoms with van der Waals surface area (Å²) in [4.78, 5) is 28.0. The van der Waals surface area contributed by atoms with Gasteiger partial charge in [0.05, 0.1) is 24.3 Å². The summed E-state index contributed by atoms with van der Waals surface area (Å²) in [7, 11) is 1.46. The fourth-order valence-electron chi connectivity index (χ4n) is 4.37. The lowest BCUT2D eigenvalue weighted by Crippen LogP contribution is -2.29. The average molecular weight is 474 g/mol. The van der Waals surface area contributed by atoms with Crippen LogP contribution in [0.25, 0.3) is 5.76 Å². The van der Waals surface area contributed by atoms with Gasteiger partial charge in [-0.25, -0.2) is 4.39 Å². The Morgan fingerprint density at radius 3 is 2.34 bits per heavy atom. The third kappa shape index (κ3) is 4.32. The van der Waals surface area contributed by atoms with E-state index in [1.54, 1.807) is 36.4 Å². The first-order valence-electron chi connectivity index (χ1n) is 11.4. The van der Waals surface area contributed by atoms with Crippen molar-refractivity contribution < 1.29 is 23.8 Å². The summed E-state index contributed by atoms with van der Waals surface area (Å²) in [6, 6.07) is 17.2. The van der Waals surface area contributed by atoms with E-state index in [9.17, 15) is 14.7 Å². The predicted molar refractivity (Wildman–Crippen MR) is 134 cm³/mol. The number of ketones is 1. The molecule has 5 nitrogen and oxygen atoms in total. The molecule has 1 fully saturated rings. The molecule has 0 bridgehead atoms. The van der Waals surface area contributed by atoms with Crippen molar-refractivity contribution in [2.24, 2.45) is 0 Å². The standard InChI is InChI=1S/C29H28FNO4/c1-17-9-8-10-19(15-17)31-25(20-11-6-7-12-22(20)30)24(27(33)28(31)34)26(32)21-16-18(29(2,3)4)13-14-23(21)35-5/h6-16,25,32H,1-5H3/b26-24+. The molecule has 6 heteroatoms. The van der Waals surface area contributed by atoms with Crippen LogP contribution in [0, 0.1) is 12.7 Å². The van der Waals surface area contributed by atoms with E-state index in [0.717, 1.165) is 11.1 Å². The van der Waals surface area contributed by atoms with E-state index in [1.165, 1.54) is 30.2 Å². The number of halogens is 1. The molecule has 1 aliphatic heterocycles. The minimum absolute atomic E-state index is 0.112. The molecule has 1 saturated heterocycles. The Balaban J connectivity index is 2.02. The largest absolute Gasteiger partial charge is 0.507 e. The van der Waals surface area contributed by atoms with Crippen molar-refractivity contribution in [3.05, 3.63) is 100 Å². The number of hydrogen-bond acceptors (Lipinski definition) is 4. The van der Waals surface area contributed by atoms with Crippen LogP contribution in [0.3, 0.4) is 0 Å². The minimum atomic E-state index is -1.15. The van der Waals surface area contributed by atoms with Gasteiger partial charge in [0.25, 0.3) is 11.7 Å². The predicted octanol–water partition coefficient (Wildman–Crippen LogP) is 6.07. The molecule has 0 radical (unpaired) electrons. The van der Waals surface area contributed by atoms with Gasteiger partial charge in [-0.05, 0) is 53.8 Å². The van der Waals surface area contributed by atoms with E-state index in [4.69, 9.17) is 4.74 Å². The van der Waals surface area contributed by atoms with Crippen LogP contribution in [-0.2, 0) is 15.0 Å². The van der Waals surface area contributed by atoms with Crippen molar-refractivity contribution in [1.82, 2.24) is 0 Å². The van der Waals surface area contributed by atoms with Gasteiger partial charge in [0.2, 0.25) is 0 Å². The molecule has 1 amide bonds. The normalized spacial score (nSPS) is 17.7. The number of amides is 1. The molecular weight excluding hydrogens is 445 g/mol. The minimum Gasteiger partial charge on any atom is -0.507 e. The molecule has 35 heavy (non-hydrogen) atoms. The molecule has 0 aliphatic carbocycles. The van der Waals surface area contributed by atoms with Crippen molar-refractivity contribution in [3.8, 4) is 5.75 Å². The molecule has 1 atom stereocenters. The number of carbonyl (C=O) groups excluding carboxylic acids is 2. The van der Waals surface area contributed by atoms with Gasteiger partial charge in [-0.15, -0.1) is 0 Å². The Bertz CT molecular complexity index is 1350. The molecule has 3 aromatic carbocycles. The summed E-state index contributed by atoms with van der Waals surface area (Å²) >= 11 is 0. The Kier molecular flexibility index (Phi) is 6.24. The third-order valence-electron chi connectivity index (χ3n) is 6.24. The maximum Gasteiger partial charge on any atom is 0.300 e. The highest BCUT2D eigenvalue weighted by atomic mass is 19.1. The lowest BCUT2D eigenvalue weighted by Gasteiger charge is -2.26. The number of methoxy groups -OCH3 is 1. The zero-order chi connectivity index (χ0) is 25.5. The molecule has 0 saturated carbocycles. The fraction of sp³-hybridized carbons (Fsp3) is 0.241. The van der Waals surface area contributed by atoms with Crippen LogP contribution in [0.1, 0.15) is 49.1 Å². The molecule has 0 spiro atoms. The van der Waals surface area contributed by atoms with Crippen LogP contribution >= 0.6 is 0 Å². The number of aryl methyl sites for hydroxylation is 1. The van der Waals surface area contributed by atoms with E-state index >= 15 is 4.39 Å². The van der Waals surface area contributed by atoms with Gasteiger partial charge in [-0.1, -0.05) is 57.2 Å². The van der Waals surface area contributed by atoms with Crippen LogP contribution < -0.4 is 9.64 Å². The number of benzene rings is 3. The molecular formula is C29H28FNO4. The second-order valence-electron chi connectivity index (χ2n) is 9.69. The summed E-state index contributed by atoms with van der Waals surface area (Å²) in [5.41, 5.74) is 2.15. The third-order valence-corrected chi connectivity index (χ3v) is 6.24. The van der Waals surface area contributed by atoms with Gasteiger partial charge in [0.15, 0.2) is 0 Å². The van der Waals surface area contributed by atoms with Gasteiger partial charge in [0.1, 0.15) is 17.3 Å². The van der Waals surface area contributed by atoms with Gasteiger partial charge in [0, 0.05) is 11.3 Å². The maximum absolute atomic E-state index is 15.1. The number of carbonyl (C=O) groups is 2. The molecule has 1 N–H and O–H groups in total. The van der Waals surface area contributed by atoms with Crippen LogP contribution in [0.2, 0.25) is 0 Å². The smallest absolute Gasteiger partial charge is 0.300 e. The number of aliphatic hydroxyl groups excluding tert-OH is 1. The Labute approximate surface area is 204 Å². The number of nitrogens with zero attached hydrogens (tertiary/aromatic N) is 1. The van der Waals surface area contributed by atoms with Crippen LogP contribution in [0.15, 0.2) is 72.3 Å². The van der Waals surface area contributed by atoms with Gasteiger partial charge in [-0.2, -0.15) is 0 Å². The number of ether oxygens (including phenoxy) is 1. The molecule has 1 aliphatic rings. The lowest BCUT2D eigenvalue weighted by atomic mass is 9.85.